The molecule has 0 aromatic heterocycles. The van der Waals surface area contributed by atoms with E-state index >= 15 is 0 Å². The summed E-state index contributed by atoms with van der Waals surface area (Å²) in [5.74, 6) is -3.44. The molecule has 0 aliphatic heterocycles. The average molecular weight is 223 g/mol. The molecule has 0 spiro atoms. The summed E-state index contributed by atoms with van der Waals surface area (Å²) in [6.45, 7) is 2.49. The molecule has 0 aliphatic rings. The molecule has 4 nitrogen and oxygen atoms in total. The molecule has 0 unspecified atom stereocenters. The zero-order valence-corrected chi connectivity index (χ0v) is 9.39. The Bertz CT molecular complexity index is 210. The van der Waals surface area contributed by atoms with Crippen molar-refractivity contribution in [1.29, 1.82) is 0 Å². The molecule has 6 heteroatoms. The van der Waals surface area contributed by atoms with Gasteiger partial charge < -0.3 is 11.1 Å². The molecule has 0 radical (unpaired) electrons. The van der Waals surface area contributed by atoms with Crippen molar-refractivity contribution < 1.29 is 13.6 Å². The van der Waals surface area contributed by atoms with Crippen LogP contribution in [0.15, 0.2) is 0 Å². The van der Waals surface area contributed by atoms with Crippen LogP contribution in [0.1, 0.15) is 13.8 Å². The van der Waals surface area contributed by atoms with Crippen LogP contribution in [-0.4, -0.2) is 49.5 Å². The van der Waals surface area contributed by atoms with Crippen LogP contribution in [0.5, 0.6) is 0 Å². The Balaban J connectivity index is 3.86. The van der Waals surface area contributed by atoms with Crippen molar-refractivity contribution in [1.82, 2.24) is 10.2 Å². The third-order valence-corrected chi connectivity index (χ3v) is 2.12. The maximum absolute atomic E-state index is 12.7. The Morgan fingerprint density at radius 1 is 1.53 bits per heavy atom. The highest BCUT2D eigenvalue weighted by atomic mass is 19.3. The molecule has 0 aliphatic carbocycles. The topological polar surface area (TPSA) is 58.4 Å². The second-order valence-corrected chi connectivity index (χ2v) is 3.85. The molecule has 0 aromatic carbocycles. The van der Waals surface area contributed by atoms with Crippen molar-refractivity contribution in [2.75, 3.05) is 26.7 Å². The van der Waals surface area contributed by atoms with Gasteiger partial charge in [0.05, 0.1) is 19.6 Å². The van der Waals surface area contributed by atoms with Crippen molar-refractivity contribution >= 4 is 5.91 Å². The molecule has 90 valence electrons. The minimum absolute atomic E-state index is 0.109. The average Bonchev–Trinajstić information content (AvgIpc) is 2.15. The normalized spacial score (nSPS) is 12.3. The smallest absolute Gasteiger partial charge is 0.277 e. The number of likely N-dealkylation sites (N-methyl/N-ethyl adjacent to an activating group) is 1. The van der Waals surface area contributed by atoms with Crippen LogP contribution in [0.2, 0.25) is 0 Å². The molecule has 0 saturated heterocycles. The fourth-order valence-electron chi connectivity index (χ4n) is 0.765. The second-order valence-electron chi connectivity index (χ2n) is 3.85. The summed E-state index contributed by atoms with van der Waals surface area (Å²) in [6.07, 6.45) is 0. The highest BCUT2D eigenvalue weighted by Crippen LogP contribution is 2.08. The summed E-state index contributed by atoms with van der Waals surface area (Å²) in [5.41, 5.74) is 4.83. The van der Waals surface area contributed by atoms with Crippen LogP contribution in [0.3, 0.4) is 0 Å². The molecule has 0 aromatic rings. The standard InChI is InChI=1S/C9H19F2N3O/c1-7(2)14(3)4-8(15)13-6-9(10,11)5-12/h7H,4-6,12H2,1-3H3,(H,13,15). The van der Waals surface area contributed by atoms with Crippen LogP contribution in [0.25, 0.3) is 0 Å². The summed E-state index contributed by atoms with van der Waals surface area (Å²) < 4.78 is 25.3. The SMILES string of the molecule is CC(C)N(C)CC(=O)NCC(F)(F)CN. The number of alkyl halides is 2. The fourth-order valence-corrected chi connectivity index (χ4v) is 0.765. The van der Waals surface area contributed by atoms with Crippen molar-refractivity contribution in [3.05, 3.63) is 0 Å². The predicted molar refractivity (Wildman–Crippen MR) is 54.8 cm³/mol. The van der Waals surface area contributed by atoms with Gasteiger partial charge in [0, 0.05) is 6.04 Å². The van der Waals surface area contributed by atoms with Gasteiger partial charge >= 0.3 is 0 Å². The highest BCUT2D eigenvalue weighted by molar-refractivity contribution is 5.78. The summed E-state index contributed by atoms with van der Waals surface area (Å²) in [6, 6.07) is 0.200. The van der Waals surface area contributed by atoms with Crippen molar-refractivity contribution in [3.63, 3.8) is 0 Å². The Kier molecular flexibility index (Phi) is 5.67. The van der Waals surface area contributed by atoms with Gasteiger partial charge in [-0.1, -0.05) is 0 Å². The number of hydrogen-bond acceptors (Lipinski definition) is 3. The molecular weight excluding hydrogens is 204 g/mol. The first kappa shape index (κ1) is 14.2. The van der Waals surface area contributed by atoms with Crippen LogP contribution in [-0.2, 0) is 4.79 Å². The van der Waals surface area contributed by atoms with E-state index in [0.29, 0.717) is 0 Å². The van der Waals surface area contributed by atoms with Gasteiger partial charge in [-0.2, -0.15) is 0 Å². The Morgan fingerprint density at radius 2 is 2.07 bits per heavy atom. The molecule has 0 fully saturated rings. The Labute approximate surface area is 88.8 Å². The molecule has 1 amide bonds. The minimum Gasteiger partial charge on any atom is -0.349 e. The van der Waals surface area contributed by atoms with Gasteiger partial charge in [0.25, 0.3) is 5.92 Å². The number of carbonyl (C=O) groups is 1. The van der Waals surface area contributed by atoms with Gasteiger partial charge in [0.2, 0.25) is 5.91 Å². The maximum Gasteiger partial charge on any atom is 0.277 e. The first-order chi connectivity index (χ1) is 6.78. The summed E-state index contributed by atoms with van der Waals surface area (Å²) in [4.78, 5) is 13.0. The lowest BCUT2D eigenvalue weighted by Crippen LogP contribution is -2.45. The molecule has 15 heavy (non-hydrogen) atoms. The molecule has 3 N–H and O–H groups in total. The highest BCUT2D eigenvalue weighted by Gasteiger charge is 2.27. The van der Waals surface area contributed by atoms with Crippen LogP contribution < -0.4 is 11.1 Å². The number of nitrogens with zero attached hydrogens (tertiary/aromatic N) is 1. The quantitative estimate of drug-likeness (QED) is 0.668. The lowest BCUT2D eigenvalue weighted by Gasteiger charge is -2.21. The molecule has 0 saturated carbocycles. The van der Waals surface area contributed by atoms with Gasteiger partial charge in [0.15, 0.2) is 0 Å². The van der Waals surface area contributed by atoms with E-state index in [9.17, 15) is 13.6 Å². The number of rotatable bonds is 6. The predicted octanol–water partition coefficient (Wildman–Crippen LogP) is 0.0368. The zero-order valence-electron chi connectivity index (χ0n) is 9.39. The van der Waals surface area contributed by atoms with Gasteiger partial charge in [-0.05, 0) is 20.9 Å². The van der Waals surface area contributed by atoms with Crippen molar-refractivity contribution in [2.45, 2.75) is 25.8 Å². The molecule has 0 atom stereocenters. The van der Waals surface area contributed by atoms with Crippen LogP contribution in [0.4, 0.5) is 8.78 Å². The monoisotopic (exact) mass is 223 g/mol. The summed E-state index contributed by atoms with van der Waals surface area (Å²) >= 11 is 0. The lowest BCUT2D eigenvalue weighted by atomic mass is 10.3. The van der Waals surface area contributed by atoms with Gasteiger partial charge in [-0.3, -0.25) is 9.69 Å². The van der Waals surface area contributed by atoms with E-state index in [4.69, 9.17) is 5.73 Å². The minimum atomic E-state index is -3.02. The van der Waals surface area contributed by atoms with Gasteiger partial charge in [-0.15, -0.1) is 0 Å². The number of carbonyl (C=O) groups excluding carboxylic acids is 1. The molecular formula is C9H19F2N3O. The van der Waals surface area contributed by atoms with Crippen LogP contribution in [0, 0.1) is 0 Å². The Morgan fingerprint density at radius 3 is 2.47 bits per heavy atom. The van der Waals surface area contributed by atoms with E-state index in [0.717, 1.165) is 0 Å². The van der Waals surface area contributed by atoms with Crippen LogP contribution >= 0.6 is 0 Å². The number of nitrogens with one attached hydrogen (secondary N) is 1. The van der Waals surface area contributed by atoms with E-state index in [2.05, 4.69) is 5.32 Å². The number of nitrogens with two attached hydrogens (primary N) is 1. The maximum atomic E-state index is 12.7. The fraction of sp³-hybridized carbons (Fsp3) is 0.889. The lowest BCUT2D eigenvalue weighted by molar-refractivity contribution is -0.124. The number of halogens is 2. The first-order valence-electron chi connectivity index (χ1n) is 4.83. The molecule has 0 bridgehead atoms. The third-order valence-electron chi connectivity index (χ3n) is 2.12. The van der Waals surface area contributed by atoms with Crippen molar-refractivity contribution in [3.8, 4) is 0 Å². The largest absolute Gasteiger partial charge is 0.349 e. The first-order valence-corrected chi connectivity index (χ1v) is 4.83. The van der Waals surface area contributed by atoms with Crippen molar-refractivity contribution in [2.24, 2.45) is 5.73 Å². The molecule has 0 heterocycles. The summed E-state index contributed by atoms with van der Waals surface area (Å²) in [5, 5.41) is 2.15. The van der Waals surface area contributed by atoms with Gasteiger partial charge in [-0.25, -0.2) is 8.78 Å². The number of amides is 1. The zero-order chi connectivity index (χ0) is 12.1. The third kappa shape index (κ3) is 6.35. The number of hydrogen-bond donors (Lipinski definition) is 2. The van der Waals surface area contributed by atoms with Gasteiger partial charge in [0.1, 0.15) is 0 Å². The molecule has 0 rings (SSSR count). The van der Waals surface area contributed by atoms with E-state index in [1.165, 1.54) is 0 Å². The van der Waals surface area contributed by atoms with E-state index in [1.807, 2.05) is 13.8 Å². The van der Waals surface area contributed by atoms with E-state index < -0.39 is 24.9 Å². The summed E-state index contributed by atoms with van der Waals surface area (Å²) in [7, 11) is 1.76. The van der Waals surface area contributed by atoms with E-state index in [1.54, 1.807) is 11.9 Å². The second kappa shape index (κ2) is 5.97. The van der Waals surface area contributed by atoms with E-state index in [-0.39, 0.29) is 12.6 Å². The Hall–Kier alpha value is -0.750.